The Labute approximate surface area is 99.1 Å². The minimum absolute atomic E-state index is 0.170. The van der Waals surface area contributed by atoms with E-state index in [9.17, 15) is 4.79 Å². The zero-order chi connectivity index (χ0) is 11.8. The number of carbonyl (C=O) groups excluding carboxylic acids is 1. The monoisotopic (exact) mass is 237 g/mol. The Hall–Kier alpha value is -1.35. The highest BCUT2D eigenvalue weighted by Gasteiger charge is 2.26. The molecule has 0 saturated heterocycles. The summed E-state index contributed by atoms with van der Waals surface area (Å²) in [6.45, 7) is 4.60. The Bertz CT molecular complexity index is 449. The van der Waals surface area contributed by atoms with Crippen molar-refractivity contribution in [1.82, 2.24) is 0 Å². The van der Waals surface area contributed by atoms with Crippen molar-refractivity contribution in [2.45, 2.75) is 19.4 Å². The van der Waals surface area contributed by atoms with Gasteiger partial charge in [-0.3, -0.25) is 4.79 Å². The molecule has 0 aliphatic carbocycles. The van der Waals surface area contributed by atoms with Crippen molar-refractivity contribution in [2.75, 3.05) is 6.61 Å². The molecule has 0 amide bonds. The minimum atomic E-state index is -0.457. The molecule has 84 valence electrons. The third kappa shape index (κ3) is 2.25. The van der Waals surface area contributed by atoms with E-state index >= 15 is 0 Å². The van der Waals surface area contributed by atoms with Crippen molar-refractivity contribution in [3.63, 3.8) is 0 Å². The highest BCUT2D eigenvalue weighted by Crippen LogP contribution is 2.20. The quantitative estimate of drug-likeness (QED) is 0.742. The molecular weight excluding hydrogens is 226 g/mol. The minimum Gasteiger partial charge on any atom is -0.475 e. The number of carbonyl (C=O) groups is 1. The number of nitrogens with zero attached hydrogens (tertiary/aromatic N) is 1. The summed E-state index contributed by atoms with van der Waals surface area (Å²) in [5.41, 5.74) is 1.17. The lowest BCUT2D eigenvalue weighted by Crippen LogP contribution is -2.17. The van der Waals surface area contributed by atoms with Crippen LogP contribution in [0.5, 0.6) is 0 Å². The van der Waals surface area contributed by atoms with Gasteiger partial charge in [0.05, 0.1) is 5.54 Å². The summed E-state index contributed by atoms with van der Waals surface area (Å²) in [6.07, 6.45) is 0. The summed E-state index contributed by atoms with van der Waals surface area (Å²) in [5.74, 6) is 0.624. The summed E-state index contributed by atoms with van der Waals surface area (Å²) >= 11 is 5.36. The number of halogens is 1. The SMILES string of the molecule is CC1(C)COC(c2ccc(C(=O)Cl)cc2)=N1. The van der Waals surface area contributed by atoms with Gasteiger partial charge in [0.15, 0.2) is 0 Å². The van der Waals surface area contributed by atoms with Gasteiger partial charge in [-0.15, -0.1) is 0 Å². The summed E-state index contributed by atoms with van der Waals surface area (Å²) in [7, 11) is 0. The van der Waals surface area contributed by atoms with Gasteiger partial charge in [0.2, 0.25) is 5.90 Å². The molecule has 0 unspecified atom stereocenters. The first kappa shape index (κ1) is 11.1. The molecule has 0 aromatic heterocycles. The predicted molar refractivity (Wildman–Crippen MR) is 63.2 cm³/mol. The Morgan fingerprint density at radius 2 is 2.00 bits per heavy atom. The van der Waals surface area contributed by atoms with Gasteiger partial charge in [0.1, 0.15) is 6.61 Å². The summed E-state index contributed by atoms with van der Waals surface area (Å²) < 4.78 is 5.49. The second-order valence-corrected chi connectivity index (χ2v) is 4.71. The van der Waals surface area contributed by atoms with E-state index in [1.165, 1.54) is 0 Å². The van der Waals surface area contributed by atoms with Crippen LogP contribution < -0.4 is 0 Å². The predicted octanol–water partition coefficient (Wildman–Crippen LogP) is 2.62. The molecule has 4 heteroatoms. The molecule has 3 nitrogen and oxygen atoms in total. The van der Waals surface area contributed by atoms with Crippen LogP contribution in [-0.4, -0.2) is 23.3 Å². The highest BCUT2D eigenvalue weighted by atomic mass is 35.5. The largest absolute Gasteiger partial charge is 0.475 e. The molecule has 1 aromatic carbocycles. The van der Waals surface area contributed by atoms with Crippen LogP contribution in [0, 0.1) is 0 Å². The number of benzene rings is 1. The van der Waals surface area contributed by atoms with Gasteiger partial charge in [-0.25, -0.2) is 4.99 Å². The van der Waals surface area contributed by atoms with Crippen molar-refractivity contribution < 1.29 is 9.53 Å². The normalized spacial score (nSPS) is 17.8. The molecular formula is C12H12ClNO2. The zero-order valence-electron chi connectivity index (χ0n) is 9.16. The van der Waals surface area contributed by atoms with Crippen LogP contribution in [0.15, 0.2) is 29.3 Å². The molecule has 0 fully saturated rings. The summed E-state index contributed by atoms with van der Waals surface area (Å²) in [6, 6.07) is 6.91. The first-order valence-electron chi connectivity index (χ1n) is 5.01. The molecule has 16 heavy (non-hydrogen) atoms. The van der Waals surface area contributed by atoms with E-state index < -0.39 is 5.24 Å². The number of hydrogen-bond donors (Lipinski definition) is 0. The molecule has 1 heterocycles. The van der Waals surface area contributed by atoms with E-state index in [-0.39, 0.29) is 5.54 Å². The first-order chi connectivity index (χ1) is 7.48. The van der Waals surface area contributed by atoms with E-state index in [1.807, 2.05) is 13.8 Å². The van der Waals surface area contributed by atoms with Crippen LogP contribution in [0.3, 0.4) is 0 Å². The number of rotatable bonds is 2. The molecule has 1 aromatic rings. The number of hydrogen-bond acceptors (Lipinski definition) is 3. The van der Waals surface area contributed by atoms with Gasteiger partial charge >= 0.3 is 0 Å². The fourth-order valence-corrected chi connectivity index (χ4v) is 1.60. The van der Waals surface area contributed by atoms with Crippen molar-refractivity contribution in [3.8, 4) is 0 Å². The van der Waals surface area contributed by atoms with Crippen molar-refractivity contribution in [3.05, 3.63) is 35.4 Å². The molecule has 0 atom stereocenters. The molecule has 1 aliphatic rings. The van der Waals surface area contributed by atoms with E-state index in [0.717, 1.165) is 5.56 Å². The maximum atomic E-state index is 10.9. The average Bonchev–Trinajstić information content (AvgIpc) is 2.59. The highest BCUT2D eigenvalue weighted by molar-refractivity contribution is 6.67. The molecule has 2 rings (SSSR count). The average molecular weight is 238 g/mol. The van der Waals surface area contributed by atoms with E-state index in [0.29, 0.717) is 18.1 Å². The number of aliphatic imine (C=N–C) groups is 1. The second-order valence-electron chi connectivity index (χ2n) is 4.37. The molecule has 0 radical (unpaired) electrons. The van der Waals surface area contributed by atoms with Gasteiger partial charge < -0.3 is 4.74 Å². The van der Waals surface area contributed by atoms with Crippen molar-refractivity contribution >= 4 is 22.7 Å². The van der Waals surface area contributed by atoms with Gasteiger partial charge in [-0.1, -0.05) is 0 Å². The lowest BCUT2D eigenvalue weighted by molar-refractivity contribution is 0.108. The van der Waals surface area contributed by atoms with E-state index in [4.69, 9.17) is 16.3 Å². The van der Waals surface area contributed by atoms with Gasteiger partial charge in [-0.2, -0.15) is 0 Å². The Morgan fingerprint density at radius 3 is 2.44 bits per heavy atom. The Morgan fingerprint density at radius 1 is 1.38 bits per heavy atom. The van der Waals surface area contributed by atoms with Crippen LogP contribution in [0.25, 0.3) is 0 Å². The first-order valence-corrected chi connectivity index (χ1v) is 5.39. The molecule has 0 bridgehead atoms. The smallest absolute Gasteiger partial charge is 0.252 e. The van der Waals surface area contributed by atoms with Gasteiger partial charge in [0, 0.05) is 11.1 Å². The van der Waals surface area contributed by atoms with E-state index in [2.05, 4.69) is 4.99 Å². The van der Waals surface area contributed by atoms with Crippen molar-refractivity contribution in [2.24, 2.45) is 4.99 Å². The molecule has 0 saturated carbocycles. The zero-order valence-corrected chi connectivity index (χ0v) is 9.91. The maximum Gasteiger partial charge on any atom is 0.252 e. The summed E-state index contributed by atoms with van der Waals surface area (Å²) in [4.78, 5) is 15.3. The van der Waals surface area contributed by atoms with Gasteiger partial charge in [0.25, 0.3) is 5.24 Å². The maximum absolute atomic E-state index is 10.9. The van der Waals surface area contributed by atoms with Crippen molar-refractivity contribution in [1.29, 1.82) is 0 Å². The van der Waals surface area contributed by atoms with Crippen LogP contribution in [0.2, 0.25) is 0 Å². The van der Waals surface area contributed by atoms with Gasteiger partial charge in [-0.05, 0) is 49.7 Å². The van der Waals surface area contributed by atoms with Crippen LogP contribution in [-0.2, 0) is 4.74 Å². The lowest BCUT2D eigenvalue weighted by atomic mass is 10.1. The van der Waals surface area contributed by atoms with Crippen LogP contribution in [0.1, 0.15) is 29.8 Å². The summed E-state index contributed by atoms with van der Waals surface area (Å²) in [5, 5.41) is -0.457. The fourth-order valence-electron chi connectivity index (χ4n) is 1.48. The Kier molecular flexibility index (Phi) is 2.72. The molecule has 1 aliphatic heterocycles. The molecule has 0 N–H and O–H groups in total. The topological polar surface area (TPSA) is 38.7 Å². The third-order valence-corrected chi connectivity index (χ3v) is 2.54. The van der Waals surface area contributed by atoms with Crippen LogP contribution in [0.4, 0.5) is 0 Å². The van der Waals surface area contributed by atoms with E-state index in [1.54, 1.807) is 24.3 Å². The number of ether oxygens (including phenoxy) is 1. The second kappa shape index (κ2) is 3.91. The Balaban J connectivity index is 2.27. The lowest BCUT2D eigenvalue weighted by Gasteiger charge is -2.07. The standard InChI is InChI=1S/C12H12ClNO2/c1-12(2)7-16-11(14-12)9-5-3-8(4-6-9)10(13)15/h3-6H,7H2,1-2H3. The fraction of sp³-hybridized carbons (Fsp3) is 0.333. The molecule has 0 spiro atoms. The third-order valence-electron chi connectivity index (χ3n) is 2.33. The van der Waals surface area contributed by atoms with Crippen LogP contribution >= 0.6 is 11.6 Å².